The molecular weight excluding hydrogens is 423 g/mol. The maximum Gasteiger partial charge on any atom is 0.458 e. The van der Waals surface area contributed by atoms with E-state index in [0.717, 1.165) is 16.6 Å². The van der Waals surface area contributed by atoms with E-state index in [9.17, 15) is 9.59 Å². The Balaban J connectivity index is 2.12. The third kappa shape index (κ3) is 8.70. The van der Waals surface area contributed by atoms with E-state index in [0.29, 0.717) is 32.8 Å². The van der Waals surface area contributed by atoms with Crippen LogP contribution in [0, 0.1) is 0 Å². The number of hydrogen-bond donors (Lipinski definition) is 2. The Bertz CT molecular complexity index is 848. The summed E-state index contributed by atoms with van der Waals surface area (Å²) in [6.45, 7) is 13.2. The summed E-state index contributed by atoms with van der Waals surface area (Å²) in [7, 11) is 1.27. The third-order valence-corrected chi connectivity index (χ3v) is 4.53. The Morgan fingerprint density at radius 1 is 1.15 bits per heavy atom. The van der Waals surface area contributed by atoms with Gasteiger partial charge >= 0.3 is 19.2 Å². The SMILES string of the molecule is CNCCN(B1OCc2cccc(/C=N\CCNC(=O)OC(C)(C)C)c21)C(=O)OC(C)(C)C. The van der Waals surface area contributed by atoms with Crippen LogP contribution in [0.3, 0.4) is 0 Å². The molecule has 2 amide bonds. The standard InChI is InChI=1S/C23H37BN4O5/c1-22(2,3)32-20(29)27-12-11-26-15-17-9-8-10-18-16-31-24(19(17)18)28(14-13-25-7)21(30)33-23(4,5)6/h8-10,15,25H,11-14,16H2,1-7H3,(H,27,29)/b26-15-. The number of aliphatic imine (C=N–C) groups is 1. The van der Waals surface area contributed by atoms with Crippen molar-refractivity contribution in [3.8, 4) is 0 Å². The van der Waals surface area contributed by atoms with Crippen LogP contribution in [-0.4, -0.2) is 74.7 Å². The minimum Gasteiger partial charge on any atom is -0.444 e. The highest BCUT2D eigenvalue weighted by Gasteiger charge is 2.40. The summed E-state index contributed by atoms with van der Waals surface area (Å²) in [6.07, 6.45) is 0.857. The predicted octanol–water partition coefficient (Wildman–Crippen LogP) is 2.31. The van der Waals surface area contributed by atoms with E-state index in [2.05, 4.69) is 15.6 Å². The molecular formula is C23H37BN4O5. The van der Waals surface area contributed by atoms with Crippen molar-refractivity contribution in [2.75, 3.05) is 33.2 Å². The van der Waals surface area contributed by atoms with Crippen molar-refractivity contribution < 1.29 is 23.7 Å². The monoisotopic (exact) mass is 460 g/mol. The van der Waals surface area contributed by atoms with Crippen molar-refractivity contribution in [3.63, 3.8) is 0 Å². The first-order chi connectivity index (χ1) is 15.4. The number of amides is 2. The Labute approximate surface area is 197 Å². The zero-order valence-electron chi connectivity index (χ0n) is 20.9. The highest BCUT2D eigenvalue weighted by molar-refractivity contribution is 6.69. The smallest absolute Gasteiger partial charge is 0.444 e. The molecule has 1 heterocycles. The molecule has 2 rings (SSSR count). The van der Waals surface area contributed by atoms with E-state index in [1.54, 1.807) is 11.0 Å². The molecule has 1 aliphatic rings. The molecule has 33 heavy (non-hydrogen) atoms. The summed E-state index contributed by atoms with van der Waals surface area (Å²) in [6, 6.07) is 5.87. The maximum atomic E-state index is 12.9. The minimum absolute atomic E-state index is 0.354. The third-order valence-electron chi connectivity index (χ3n) is 4.53. The number of nitrogens with one attached hydrogen (secondary N) is 2. The topological polar surface area (TPSA) is 101 Å². The molecule has 0 saturated carbocycles. The molecule has 0 fully saturated rings. The number of benzene rings is 1. The summed E-state index contributed by atoms with van der Waals surface area (Å²) in [5.41, 5.74) is 1.63. The molecule has 0 aliphatic carbocycles. The van der Waals surface area contributed by atoms with Crippen LogP contribution < -0.4 is 16.1 Å². The van der Waals surface area contributed by atoms with Crippen molar-refractivity contribution in [2.45, 2.75) is 59.4 Å². The van der Waals surface area contributed by atoms with Crippen LogP contribution in [0.4, 0.5) is 9.59 Å². The first kappa shape index (κ1) is 26.7. The van der Waals surface area contributed by atoms with Gasteiger partial charge < -0.3 is 29.6 Å². The number of carbonyl (C=O) groups excluding carboxylic acids is 2. The quantitative estimate of drug-likeness (QED) is 0.351. The lowest BCUT2D eigenvalue weighted by Gasteiger charge is -2.30. The largest absolute Gasteiger partial charge is 0.458 e. The normalized spacial score (nSPS) is 13.7. The van der Waals surface area contributed by atoms with Crippen molar-refractivity contribution in [2.24, 2.45) is 4.99 Å². The van der Waals surface area contributed by atoms with E-state index >= 15 is 0 Å². The Kier molecular flexibility index (Phi) is 9.30. The van der Waals surface area contributed by atoms with Gasteiger partial charge in [0.05, 0.1) is 13.2 Å². The number of rotatable bonds is 8. The zero-order valence-corrected chi connectivity index (χ0v) is 20.9. The maximum absolute atomic E-state index is 12.9. The number of alkyl carbamates (subject to hydrolysis) is 1. The van der Waals surface area contributed by atoms with Crippen LogP contribution in [-0.2, 0) is 20.7 Å². The number of carbonyl (C=O) groups is 2. The van der Waals surface area contributed by atoms with Gasteiger partial charge in [-0.1, -0.05) is 18.2 Å². The van der Waals surface area contributed by atoms with E-state index < -0.39 is 30.4 Å². The summed E-state index contributed by atoms with van der Waals surface area (Å²) >= 11 is 0. The van der Waals surface area contributed by atoms with Crippen LogP contribution >= 0.6 is 0 Å². The first-order valence-electron chi connectivity index (χ1n) is 11.3. The summed E-state index contributed by atoms with van der Waals surface area (Å²) in [5.74, 6) is 0. The molecule has 0 unspecified atom stereocenters. The summed E-state index contributed by atoms with van der Waals surface area (Å²) in [5, 5.41) is 5.76. The number of hydrogen-bond acceptors (Lipinski definition) is 7. The van der Waals surface area contributed by atoms with Gasteiger partial charge in [-0.15, -0.1) is 0 Å². The van der Waals surface area contributed by atoms with Crippen LogP contribution in [0.2, 0.25) is 0 Å². The Morgan fingerprint density at radius 2 is 1.85 bits per heavy atom. The second-order valence-corrected chi connectivity index (χ2v) is 9.82. The lowest BCUT2D eigenvalue weighted by atomic mass is 9.69. The number of fused-ring (bicyclic) bond motifs is 1. The fourth-order valence-electron chi connectivity index (χ4n) is 3.23. The molecule has 10 heteroatoms. The molecule has 0 saturated heterocycles. The lowest BCUT2D eigenvalue weighted by Crippen LogP contribution is -2.54. The summed E-state index contributed by atoms with van der Waals surface area (Å²) < 4.78 is 16.9. The van der Waals surface area contributed by atoms with E-state index in [1.165, 1.54) is 0 Å². The molecule has 0 aromatic heterocycles. The number of ether oxygens (including phenoxy) is 2. The molecule has 0 spiro atoms. The highest BCUT2D eigenvalue weighted by Crippen LogP contribution is 2.18. The van der Waals surface area contributed by atoms with Gasteiger partial charge in [-0.05, 0) is 65.2 Å². The number of nitrogens with zero attached hydrogens (tertiary/aromatic N) is 2. The molecule has 182 valence electrons. The zero-order chi connectivity index (χ0) is 24.6. The van der Waals surface area contributed by atoms with E-state index in [4.69, 9.17) is 14.1 Å². The molecule has 0 bridgehead atoms. The summed E-state index contributed by atoms with van der Waals surface area (Å²) in [4.78, 5) is 30.8. The average Bonchev–Trinajstić information content (AvgIpc) is 3.10. The van der Waals surface area contributed by atoms with Gasteiger partial charge in [-0.3, -0.25) is 4.99 Å². The Hall–Kier alpha value is -2.59. The molecule has 1 aromatic rings. The predicted molar refractivity (Wildman–Crippen MR) is 130 cm³/mol. The van der Waals surface area contributed by atoms with Crippen LogP contribution in [0.1, 0.15) is 52.7 Å². The fraction of sp³-hybridized carbons (Fsp3) is 0.609. The second kappa shape index (κ2) is 11.5. The van der Waals surface area contributed by atoms with Gasteiger partial charge in [0.15, 0.2) is 0 Å². The van der Waals surface area contributed by atoms with Crippen molar-refractivity contribution >= 4 is 30.9 Å². The van der Waals surface area contributed by atoms with Crippen LogP contribution in [0.5, 0.6) is 0 Å². The molecule has 0 radical (unpaired) electrons. The second-order valence-electron chi connectivity index (χ2n) is 9.82. The average molecular weight is 460 g/mol. The van der Waals surface area contributed by atoms with Crippen molar-refractivity contribution in [1.82, 2.24) is 15.4 Å². The molecule has 1 aliphatic heterocycles. The molecule has 1 aromatic carbocycles. The lowest BCUT2D eigenvalue weighted by molar-refractivity contribution is 0.0357. The van der Waals surface area contributed by atoms with E-state index in [-0.39, 0.29) is 0 Å². The van der Waals surface area contributed by atoms with Gasteiger partial charge in [0.2, 0.25) is 0 Å². The van der Waals surface area contributed by atoms with E-state index in [1.807, 2.05) is 66.8 Å². The first-order valence-corrected chi connectivity index (χ1v) is 11.3. The van der Waals surface area contributed by atoms with Crippen LogP contribution in [0.25, 0.3) is 0 Å². The molecule has 2 N–H and O–H groups in total. The van der Waals surface area contributed by atoms with Gasteiger partial charge in [-0.25, -0.2) is 9.59 Å². The fourth-order valence-corrected chi connectivity index (χ4v) is 3.23. The van der Waals surface area contributed by atoms with Gasteiger partial charge in [0, 0.05) is 25.8 Å². The van der Waals surface area contributed by atoms with Gasteiger partial charge in [-0.2, -0.15) is 0 Å². The molecule has 9 nitrogen and oxygen atoms in total. The number of likely N-dealkylation sites (N-methyl/N-ethyl adjacent to an activating group) is 1. The molecule has 0 atom stereocenters. The van der Waals surface area contributed by atoms with Gasteiger partial charge in [0.25, 0.3) is 0 Å². The minimum atomic E-state index is -0.613. The van der Waals surface area contributed by atoms with Crippen molar-refractivity contribution in [3.05, 3.63) is 29.3 Å². The highest BCUT2D eigenvalue weighted by atomic mass is 16.6. The van der Waals surface area contributed by atoms with Gasteiger partial charge in [0.1, 0.15) is 11.2 Å². The van der Waals surface area contributed by atoms with Crippen LogP contribution in [0.15, 0.2) is 23.2 Å². The Morgan fingerprint density at radius 3 is 2.48 bits per heavy atom. The van der Waals surface area contributed by atoms with Crippen molar-refractivity contribution in [1.29, 1.82) is 0 Å².